The van der Waals surface area contributed by atoms with Gasteiger partial charge in [-0.25, -0.2) is 0 Å². The molecule has 2 N–H and O–H groups in total. The first-order chi connectivity index (χ1) is 9.47. The van der Waals surface area contributed by atoms with Crippen LogP contribution in [0.4, 0.5) is 0 Å². The third kappa shape index (κ3) is 7.48. The molecule has 0 bridgehead atoms. The number of likely N-dealkylation sites (tertiary alicyclic amines) is 1. The molecule has 1 rings (SSSR count). The van der Waals surface area contributed by atoms with Crippen molar-refractivity contribution in [2.24, 2.45) is 11.8 Å². The van der Waals surface area contributed by atoms with Crippen molar-refractivity contribution in [2.45, 2.75) is 46.0 Å². The minimum Gasteiger partial charge on any atom is -0.481 e. The van der Waals surface area contributed by atoms with Gasteiger partial charge in [0.2, 0.25) is 5.91 Å². The molecule has 0 radical (unpaired) electrons. The number of hydrogen-bond acceptors (Lipinski definition) is 3. The van der Waals surface area contributed by atoms with Crippen molar-refractivity contribution in [1.29, 1.82) is 0 Å². The number of carboxylic acid groups (broad SMARTS) is 1. The van der Waals surface area contributed by atoms with E-state index in [9.17, 15) is 9.59 Å². The van der Waals surface area contributed by atoms with Crippen molar-refractivity contribution < 1.29 is 14.7 Å². The molecule has 1 saturated heterocycles. The van der Waals surface area contributed by atoms with E-state index in [0.717, 1.165) is 45.3 Å². The summed E-state index contributed by atoms with van der Waals surface area (Å²) in [6.07, 6.45) is 4.11. The molecule has 1 heterocycles. The smallest absolute Gasteiger partial charge is 0.303 e. The molecule has 1 unspecified atom stereocenters. The zero-order chi connectivity index (χ0) is 15.0. The summed E-state index contributed by atoms with van der Waals surface area (Å²) in [6.45, 7) is 7.27. The summed E-state index contributed by atoms with van der Waals surface area (Å²) in [5.41, 5.74) is 0. The summed E-state index contributed by atoms with van der Waals surface area (Å²) < 4.78 is 0. The van der Waals surface area contributed by atoms with Gasteiger partial charge in [-0.05, 0) is 44.1 Å². The maximum absolute atomic E-state index is 11.8. The molecule has 0 spiro atoms. The lowest BCUT2D eigenvalue weighted by Gasteiger charge is -2.32. The van der Waals surface area contributed by atoms with E-state index in [2.05, 4.69) is 24.1 Å². The highest BCUT2D eigenvalue weighted by Crippen LogP contribution is 2.20. The summed E-state index contributed by atoms with van der Waals surface area (Å²) in [5.74, 6) is 0.382. The first-order valence-electron chi connectivity index (χ1n) is 7.68. The highest BCUT2D eigenvalue weighted by Gasteiger charge is 2.21. The molecule has 1 atom stereocenters. The summed E-state index contributed by atoms with van der Waals surface area (Å²) in [7, 11) is 0. The first kappa shape index (κ1) is 17.0. The van der Waals surface area contributed by atoms with Crippen LogP contribution in [0.25, 0.3) is 0 Å². The van der Waals surface area contributed by atoms with E-state index in [0.29, 0.717) is 18.4 Å². The predicted octanol–water partition coefficient (Wildman–Crippen LogP) is 1.73. The van der Waals surface area contributed by atoms with Gasteiger partial charge < -0.3 is 10.4 Å². The van der Waals surface area contributed by atoms with E-state index >= 15 is 0 Å². The van der Waals surface area contributed by atoms with Crippen molar-refractivity contribution in [3.63, 3.8) is 0 Å². The quantitative estimate of drug-likeness (QED) is 0.712. The van der Waals surface area contributed by atoms with E-state index in [1.807, 2.05) is 0 Å². The van der Waals surface area contributed by atoms with Crippen LogP contribution in [0.3, 0.4) is 0 Å². The number of nitrogens with zero attached hydrogens (tertiary/aromatic N) is 1. The highest BCUT2D eigenvalue weighted by atomic mass is 16.4. The van der Waals surface area contributed by atoms with Gasteiger partial charge in [0.15, 0.2) is 0 Å². The van der Waals surface area contributed by atoms with E-state index in [1.165, 1.54) is 0 Å². The van der Waals surface area contributed by atoms with Gasteiger partial charge in [0.05, 0.1) is 6.54 Å². The summed E-state index contributed by atoms with van der Waals surface area (Å²) >= 11 is 0. The normalized spacial score (nSPS) is 20.1. The summed E-state index contributed by atoms with van der Waals surface area (Å²) in [4.78, 5) is 24.6. The number of aliphatic carboxylic acids is 1. The molecule has 0 aromatic carbocycles. The van der Waals surface area contributed by atoms with Gasteiger partial charge in [-0.2, -0.15) is 0 Å². The number of carbonyl (C=O) groups is 2. The van der Waals surface area contributed by atoms with Crippen LogP contribution in [0.2, 0.25) is 0 Å². The SMILES string of the molecule is CC(C)CCNC(=O)CN1CCCC(CCC(=O)O)C1. The van der Waals surface area contributed by atoms with Crippen LogP contribution in [0, 0.1) is 11.8 Å². The standard InChI is InChI=1S/C15H28N2O3/c1-12(2)7-8-16-14(18)11-17-9-3-4-13(10-17)5-6-15(19)20/h12-13H,3-11H2,1-2H3,(H,16,18)(H,19,20). The summed E-state index contributed by atoms with van der Waals surface area (Å²) in [6, 6.07) is 0. The molecule has 116 valence electrons. The lowest BCUT2D eigenvalue weighted by molar-refractivity contribution is -0.137. The number of nitrogens with one attached hydrogen (secondary N) is 1. The topological polar surface area (TPSA) is 69.6 Å². The number of carbonyl (C=O) groups excluding carboxylic acids is 1. The van der Waals surface area contributed by atoms with Gasteiger partial charge in [0.25, 0.3) is 0 Å². The van der Waals surface area contributed by atoms with E-state index < -0.39 is 5.97 Å². The molecular formula is C15H28N2O3. The Kier molecular flexibility index (Phi) is 7.59. The Labute approximate surface area is 121 Å². The van der Waals surface area contributed by atoms with Gasteiger partial charge >= 0.3 is 5.97 Å². The molecule has 5 heteroatoms. The first-order valence-corrected chi connectivity index (χ1v) is 7.68. The Hall–Kier alpha value is -1.10. The second kappa shape index (κ2) is 8.95. The zero-order valence-electron chi connectivity index (χ0n) is 12.7. The van der Waals surface area contributed by atoms with Gasteiger partial charge in [0, 0.05) is 19.5 Å². The van der Waals surface area contributed by atoms with Crippen molar-refractivity contribution in [2.75, 3.05) is 26.2 Å². The molecule has 1 aliphatic heterocycles. The number of amides is 1. The van der Waals surface area contributed by atoms with E-state index in [4.69, 9.17) is 5.11 Å². The zero-order valence-corrected chi connectivity index (χ0v) is 12.7. The Balaban J connectivity index is 2.22. The fraction of sp³-hybridized carbons (Fsp3) is 0.867. The average molecular weight is 284 g/mol. The summed E-state index contributed by atoms with van der Waals surface area (Å²) in [5, 5.41) is 11.7. The minimum absolute atomic E-state index is 0.0875. The molecule has 0 aromatic heterocycles. The van der Waals surface area contributed by atoms with Gasteiger partial charge in [0.1, 0.15) is 0 Å². The molecule has 20 heavy (non-hydrogen) atoms. The maximum Gasteiger partial charge on any atom is 0.303 e. The Morgan fingerprint density at radius 1 is 1.40 bits per heavy atom. The highest BCUT2D eigenvalue weighted by molar-refractivity contribution is 5.77. The average Bonchev–Trinajstić information content (AvgIpc) is 2.36. The van der Waals surface area contributed by atoms with Crippen LogP contribution in [0.5, 0.6) is 0 Å². The second-order valence-corrected chi connectivity index (χ2v) is 6.21. The molecule has 5 nitrogen and oxygen atoms in total. The van der Waals surface area contributed by atoms with E-state index in [1.54, 1.807) is 0 Å². The Bertz CT molecular complexity index is 318. The molecule has 0 aromatic rings. The Morgan fingerprint density at radius 2 is 2.15 bits per heavy atom. The van der Waals surface area contributed by atoms with Crippen LogP contribution in [0.1, 0.15) is 46.0 Å². The van der Waals surface area contributed by atoms with E-state index in [-0.39, 0.29) is 12.3 Å². The second-order valence-electron chi connectivity index (χ2n) is 6.21. The third-order valence-electron chi connectivity index (χ3n) is 3.78. The third-order valence-corrected chi connectivity index (χ3v) is 3.78. The predicted molar refractivity (Wildman–Crippen MR) is 78.5 cm³/mol. The van der Waals surface area contributed by atoms with Crippen LogP contribution in [0.15, 0.2) is 0 Å². The fourth-order valence-electron chi connectivity index (χ4n) is 2.62. The minimum atomic E-state index is -0.728. The molecule has 1 fully saturated rings. The van der Waals surface area contributed by atoms with Crippen LogP contribution < -0.4 is 5.32 Å². The number of hydrogen-bond donors (Lipinski definition) is 2. The lowest BCUT2D eigenvalue weighted by Crippen LogP contribution is -2.42. The maximum atomic E-state index is 11.8. The van der Waals surface area contributed by atoms with Gasteiger partial charge in [-0.3, -0.25) is 14.5 Å². The fourth-order valence-corrected chi connectivity index (χ4v) is 2.62. The van der Waals surface area contributed by atoms with Crippen LogP contribution >= 0.6 is 0 Å². The van der Waals surface area contributed by atoms with Gasteiger partial charge in [-0.15, -0.1) is 0 Å². The van der Waals surface area contributed by atoms with Crippen molar-refractivity contribution in [3.05, 3.63) is 0 Å². The molecule has 0 saturated carbocycles. The van der Waals surface area contributed by atoms with Crippen LogP contribution in [-0.4, -0.2) is 48.1 Å². The molecule has 1 aliphatic rings. The van der Waals surface area contributed by atoms with Crippen LogP contribution in [-0.2, 0) is 9.59 Å². The monoisotopic (exact) mass is 284 g/mol. The molecular weight excluding hydrogens is 256 g/mol. The van der Waals surface area contributed by atoms with Gasteiger partial charge in [-0.1, -0.05) is 13.8 Å². The lowest BCUT2D eigenvalue weighted by atomic mass is 9.93. The van der Waals surface area contributed by atoms with Crippen molar-refractivity contribution in [1.82, 2.24) is 10.2 Å². The number of rotatable bonds is 8. The molecule has 0 aliphatic carbocycles. The largest absolute Gasteiger partial charge is 0.481 e. The van der Waals surface area contributed by atoms with Crippen molar-refractivity contribution in [3.8, 4) is 0 Å². The molecule has 1 amide bonds. The number of piperidine rings is 1. The number of carboxylic acids is 1. The van der Waals surface area contributed by atoms with Crippen molar-refractivity contribution >= 4 is 11.9 Å². The Morgan fingerprint density at radius 3 is 2.80 bits per heavy atom.